The molecular formula is C13H17F3N4O2S. The van der Waals surface area contributed by atoms with Crippen molar-refractivity contribution in [3.05, 3.63) is 5.01 Å². The van der Waals surface area contributed by atoms with Crippen LogP contribution in [0.5, 0.6) is 0 Å². The first-order valence-corrected chi connectivity index (χ1v) is 8.27. The Morgan fingerprint density at radius 2 is 2.17 bits per heavy atom. The Morgan fingerprint density at radius 1 is 1.39 bits per heavy atom. The zero-order valence-electron chi connectivity index (χ0n) is 12.3. The third-order valence-electron chi connectivity index (χ3n) is 3.78. The topological polar surface area (TPSA) is 67.3 Å². The molecule has 1 atom stereocenters. The van der Waals surface area contributed by atoms with Gasteiger partial charge in [0.2, 0.25) is 11.0 Å². The summed E-state index contributed by atoms with van der Waals surface area (Å²) in [5.41, 5.74) is 0. The smallest absolute Gasteiger partial charge is 0.366 e. The number of nitrogens with one attached hydrogen (secondary N) is 1. The first-order chi connectivity index (χ1) is 10.9. The number of hydrogen-bond acceptors (Lipinski definition) is 6. The van der Waals surface area contributed by atoms with E-state index in [4.69, 9.17) is 4.74 Å². The summed E-state index contributed by atoms with van der Waals surface area (Å²) in [6, 6.07) is 0. The molecule has 3 rings (SSSR count). The highest BCUT2D eigenvalue weighted by Crippen LogP contribution is 2.42. The van der Waals surface area contributed by atoms with Crippen molar-refractivity contribution < 1.29 is 22.7 Å². The van der Waals surface area contributed by atoms with E-state index in [-0.39, 0.29) is 32.0 Å². The minimum Gasteiger partial charge on any atom is -0.366 e. The Hall–Kier alpha value is -1.26. The van der Waals surface area contributed by atoms with Gasteiger partial charge >= 0.3 is 6.18 Å². The van der Waals surface area contributed by atoms with E-state index >= 15 is 0 Å². The zero-order chi connectivity index (χ0) is 16.4. The van der Waals surface area contributed by atoms with E-state index in [2.05, 4.69) is 15.5 Å². The predicted octanol–water partition coefficient (Wildman–Crippen LogP) is 2.01. The Bertz CT molecular complexity index is 562. The lowest BCUT2D eigenvalue weighted by Gasteiger charge is -2.33. The van der Waals surface area contributed by atoms with Crippen molar-refractivity contribution in [1.29, 1.82) is 0 Å². The number of carbonyl (C=O) groups excluding carboxylic acids is 1. The standard InChI is InChI=1S/C13H17F3N4O2S/c14-13(15,16)9-7-20(5-6-22-9)4-3-10(21)17-12-19-18-11(23-12)8-1-2-8/h8-9H,1-7H2,(H,17,19,21)/t9-/m0/s1. The number of halogens is 3. The van der Waals surface area contributed by atoms with Gasteiger partial charge < -0.3 is 10.1 Å². The van der Waals surface area contributed by atoms with Crippen LogP contribution in [0.1, 0.15) is 30.2 Å². The first-order valence-electron chi connectivity index (χ1n) is 7.46. The van der Waals surface area contributed by atoms with Crippen LogP contribution in [-0.2, 0) is 9.53 Å². The molecule has 23 heavy (non-hydrogen) atoms. The maximum absolute atomic E-state index is 12.6. The lowest BCUT2D eigenvalue weighted by Crippen LogP contribution is -2.49. The number of carbonyl (C=O) groups is 1. The second-order valence-corrected chi connectivity index (χ2v) is 6.73. The highest BCUT2D eigenvalue weighted by atomic mass is 32.1. The third kappa shape index (κ3) is 4.61. The number of hydrogen-bond donors (Lipinski definition) is 1. The number of morpholine rings is 1. The molecule has 0 bridgehead atoms. The molecule has 0 spiro atoms. The van der Waals surface area contributed by atoms with E-state index in [0.29, 0.717) is 17.6 Å². The quantitative estimate of drug-likeness (QED) is 0.880. The molecular weight excluding hydrogens is 333 g/mol. The van der Waals surface area contributed by atoms with Crippen LogP contribution < -0.4 is 5.32 Å². The first kappa shape index (κ1) is 16.6. The van der Waals surface area contributed by atoms with Crippen molar-refractivity contribution >= 4 is 22.4 Å². The molecule has 6 nitrogen and oxygen atoms in total. The van der Waals surface area contributed by atoms with E-state index in [9.17, 15) is 18.0 Å². The average Bonchev–Trinajstić information content (AvgIpc) is 3.25. The van der Waals surface area contributed by atoms with Crippen LogP contribution in [0.15, 0.2) is 0 Å². The number of nitrogens with zero attached hydrogens (tertiary/aromatic N) is 3. The second-order valence-electron chi connectivity index (χ2n) is 5.72. The molecule has 1 aliphatic heterocycles. The van der Waals surface area contributed by atoms with Gasteiger partial charge in [0, 0.05) is 32.0 Å². The van der Waals surface area contributed by atoms with E-state index in [1.54, 1.807) is 4.90 Å². The largest absolute Gasteiger partial charge is 0.415 e. The normalized spacial score (nSPS) is 23.0. The highest BCUT2D eigenvalue weighted by Gasteiger charge is 2.43. The molecule has 10 heteroatoms. The lowest BCUT2D eigenvalue weighted by atomic mass is 10.2. The SMILES string of the molecule is O=C(CCN1CCO[C@H](C(F)(F)F)C1)Nc1nnc(C2CC2)s1. The molecule has 0 radical (unpaired) electrons. The number of amides is 1. The van der Waals surface area contributed by atoms with E-state index < -0.39 is 12.3 Å². The minimum absolute atomic E-state index is 0.0208. The monoisotopic (exact) mass is 350 g/mol. The van der Waals surface area contributed by atoms with Gasteiger partial charge in [0.05, 0.1) is 6.61 Å². The van der Waals surface area contributed by atoms with Crippen LogP contribution >= 0.6 is 11.3 Å². The fourth-order valence-electron chi connectivity index (χ4n) is 2.33. The summed E-state index contributed by atoms with van der Waals surface area (Å²) in [5.74, 6) is 0.212. The van der Waals surface area contributed by atoms with Gasteiger partial charge in [0.15, 0.2) is 6.10 Å². The number of ether oxygens (including phenoxy) is 1. The molecule has 1 aromatic heterocycles. The fraction of sp³-hybridized carbons (Fsp3) is 0.769. The lowest BCUT2D eigenvalue weighted by molar-refractivity contribution is -0.237. The van der Waals surface area contributed by atoms with Gasteiger partial charge in [0.1, 0.15) is 5.01 Å². The van der Waals surface area contributed by atoms with Crippen molar-refractivity contribution in [3.8, 4) is 0 Å². The van der Waals surface area contributed by atoms with E-state index in [1.807, 2.05) is 0 Å². The van der Waals surface area contributed by atoms with E-state index in [0.717, 1.165) is 17.8 Å². The van der Waals surface area contributed by atoms with Crippen molar-refractivity contribution in [2.45, 2.75) is 37.5 Å². The summed E-state index contributed by atoms with van der Waals surface area (Å²) in [6.07, 6.45) is -3.81. The molecule has 0 aromatic carbocycles. The maximum atomic E-state index is 12.6. The van der Waals surface area contributed by atoms with Crippen LogP contribution in [0.2, 0.25) is 0 Å². The van der Waals surface area contributed by atoms with Gasteiger partial charge in [-0.15, -0.1) is 10.2 Å². The van der Waals surface area contributed by atoms with Gasteiger partial charge in [-0.05, 0) is 12.8 Å². The number of alkyl halides is 3. The van der Waals surface area contributed by atoms with Gasteiger partial charge in [-0.1, -0.05) is 11.3 Å². The van der Waals surface area contributed by atoms with Crippen LogP contribution in [-0.4, -0.2) is 59.5 Å². The summed E-state index contributed by atoms with van der Waals surface area (Å²) >= 11 is 1.36. The average molecular weight is 350 g/mol. The van der Waals surface area contributed by atoms with Crippen LogP contribution in [0.4, 0.5) is 18.3 Å². The molecule has 128 valence electrons. The molecule has 2 heterocycles. The van der Waals surface area contributed by atoms with Crippen LogP contribution in [0.25, 0.3) is 0 Å². The molecule has 1 saturated heterocycles. The minimum atomic E-state index is -4.37. The number of aromatic nitrogens is 2. The summed E-state index contributed by atoms with van der Waals surface area (Å²) < 4.78 is 42.6. The summed E-state index contributed by atoms with van der Waals surface area (Å²) in [6.45, 7) is 0.439. The molecule has 1 aromatic rings. The number of anilines is 1. The second kappa shape index (κ2) is 6.70. The summed E-state index contributed by atoms with van der Waals surface area (Å²) in [7, 11) is 0. The van der Waals surface area contributed by atoms with Gasteiger partial charge in [-0.2, -0.15) is 13.2 Å². The van der Waals surface area contributed by atoms with E-state index in [1.165, 1.54) is 11.3 Å². The molecule has 1 aliphatic carbocycles. The summed E-state index contributed by atoms with van der Waals surface area (Å²) in [5, 5.41) is 12.0. The Labute approximate surface area is 135 Å². The predicted molar refractivity (Wildman–Crippen MR) is 77.4 cm³/mol. The molecule has 1 N–H and O–H groups in total. The Kier molecular flexibility index (Phi) is 4.83. The van der Waals surface area contributed by atoms with Gasteiger partial charge in [-0.3, -0.25) is 9.69 Å². The molecule has 2 fully saturated rings. The third-order valence-corrected chi connectivity index (χ3v) is 4.79. The molecule has 1 amide bonds. The van der Waals surface area contributed by atoms with Crippen molar-refractivity contribution in [3.63, 3.8) is 0 Å². The van der Waals surface area contributed by atoms with Gasteiger partial charge in [0.25, 0.3) is 0 Å². The van der Waals surface area contributed by atoms with Crippen LogP contribution in [0, 0.1) is 0 Å². The van der Waals surface area contributed by atoms with Crippen molar-refractivity contribution in [2.24, 2.45) is 0 Å². The molecule has 0 unspecified atom stereocenters. The van der Waals surface area contributed by atoms with Gasteiger partial charge in [-0.25, -0.2) is 0 Å². The number of rotatable bonds is 5. The van der Waals surface area contributed by atoms with Crippen LogP contribution in [0.3, 0.4) is 0 Å². The maximum Gasteiger partial charge on any atom is 0.415 e. The molecule has 1 saturated carbocycles. The Balaban J connectivity index is 1.43. The highest BCUT2D eigenvalue weighted by molar-refractivity contribution is 7.15. The fourth-order valence-corrected chi connectivity index (χ4v) is 3.25. The van der Waals surface area contributed by atoms with Crippen molar-refractivity contribution in [1.82, 2.24) is 15.1 Å². The Morgan fingerprint density at radius 3 is 2.87 bits per heavy atom. The molecule has 2 aliphatic rings. The van der Waals surface area contributed by atoms with Crippen molar-refractivity contribution in [2.75, 3.05) is 31.6 Å². The summed E-state index contributed by atoms with van der Waals surface area (Å²) in [4.78, 5) is 13.5. The zero-order valence-corrected chi connectivity index (χ0v) is 13.1.